The Labute approximate surface area is 383 Å². The molecule has 0 radical (unpaired) electrons. The van der Waals surface area contributed by atoms with Crippen LogP contribution >= 0.6 is 11.8 Å². The van der Waals surface area contributed by atoms with E-state index in [0.29, 0.717) is 0 Å². The summed E-state index contributed by atoms with van der Waals surface area (Å²) in [5.74, 6) is 0. The molecule has 1 aliphatic heterocycles. The Morgan fingerprint density at radius 3 is 1.80 bits per heavy atom. The molecule has 0 saturated carbocycles. The smallest absolute Gasteiger partial charge is 0.0736 e. The summed E-state index contributed by atoms with van der Waals surface area (Å²) in [5, 5.41) is 5.09. The molecule has 0 bridgehead atoms. The van der Waals surface area contributed by atoms with Crippen molar-refractivity contribution < 1.29 is 0 Å². The average Bonchev–Trinajstić information content (AvgIpc) is 3.80. The van der Waals surface area contributed by atoms with Crippen LogP contribution in [0.2, 0.25) is 0 Å². The fourth-order valence-corrected chi connectivity index (χ4v) is 13.3. The molecule has 3 heteroatoms. The van der Waals surface area contributed by atoms with Gasteiger partial charge in [-0.1, -0.05) is 177 Å². The van der Waals surface area contributed by atoms with Crippen molar-refractivity contribution in [1.82, 2.24) is 4.57 Å². The third-order valence-corrected chi connectivity index (χ3v) is 16.0. The molecule has 2 aliphatic carbocycles. The van der Waals surface area contributed by atoms with Crippen molar-refractivity contribution >= 4 is 61.4 Å². The monoisotopic (exact) mass is 846 g/mol. The molecule has 3 aliphatic rings. The molecular formula is C62H42N2S. The van der Waals surface area contributed by atoms with Gasteiger partial charge in [0.25, 0.3) is 0 Å². The number of benzene rings is 10. The largest absolute Gasteiger partial charge is 0.310 e. The van der Waals surface area contributed by atoms with Gasteiger partial charge in [-0.05, 0) is 133 Å². The Morgan fingerprint density at radius 1 is 0.385 bits per heavy atom. The van der Waals surface area contributed by atoms with E-state index in [2.05, 4.69) is 242 Å². The van der Waals surface area contributed by atoms with Gasteiger partial charge in [0.05, 0.1) is 16.4 Å². The van der Waals surface area contributed by atoms with E-state index in [9.17, 15) is 0 Å². The zero-order chi connectivity index (χ0) is 43.0. The molecule has 1 spiro atoms. The highest BCUT2D eigenvalue weighted by atomic mass is 32.2. The zero-order valence-corrected chi connectivity index (χ0v) is 36.9. The highest BCUT2D eigenvalue weighted by Gasteiger charge is 2.49. The molecule has 0 N–H and O–H groups in total. The van der Waals surface area contributed by atoms with Crippen LogP contribution in [0.4, 0.5) is 17.1 Å². The maximum atomic E-state index is 2.51. The molecule has 1 aromatic heterocycles. The number of anilines is 3. The number of para-hydroxylation sites is 2. The molecule has 0 amide bonds. The first-order valence-corrected chi connectivity index (χ1v) is 23.5. The number of aromatic nitrogens is 1. The van der Waals surface area contributed by atoms with Gasteiger partial charge in [0, 0.05) is 48.7 Å². The highest BCUT2D eigenvalue weighted by Crippen LogP contribution is 2.62. The lowest BCUT2D eigenvalue weighted by molar-refractivity contribution is 0.660. The van der Waals surface area contributed by atoms with Crippen molar-refractivity contribution in [3.8, 4) is 27.9 Å². The minimum atomic E-state index is -0.545. The van der Waals surface area contributed by atoms with E-state index in [-0.39, 0.29) is 5.41 Å². The second kappa shape index (κ2) is 13.5. The quantitative estimate of drug-likeness (QED) is 0.174. The first kappa shape index (κ1) is 36.8. The lowest BCUT2D eigenvalue weighted by Gasteiger charge is -2.46. The highest BCUT2D eigenvalue weighted by molar-refractivity contribution is 7.99. The molecule has 0 unspecified atom stereocenters. The summed E-state index contributed by atoms with van der Waals surface area (Å²) in [5.41, 5.74) is 19.6. The summed E-state index contributed by atoms with van der Waals surface area (Å²) in [4.78, 5) is 5.07. The van der Waals surface area contributed by atoms with Crippen molar-refractivity contribution in [2.24, 2.45) is 0 Å². The number of hydrogen-bond donors (Lipinski definition) is 0. The molecule has 2 heterocycles. The first-order chi connectivity index (χ1) is 32.0. The van der Waals surface area contributed by atoms with E-state index < -0.39 is 5.41 Å². The molecule has 10 aromatic carbocycles. The Bertz CT molecular complexity index is 3750. The molecule has 2 nitrogen and oxygen atoms in total. The van der Waals surface area contributed by atoms with E-state index in [1.54, 1.807) is 0 Å². The third kappa shape index (κ3) is 4.96. The summed E-state index contributed by atoms with van der Waals surface area (Å²) in [6.45, 7) is 4.71. The van der Waals surface area contributed by atoms with Crippen molar-refractivity contribution in [3.63, 3.8) is 0 Å². The zero-order valence-electron chi connectivity index (χ0n) is 36.1. The van der Waals surface area contributed by atoms with Gasteiger partial charge >= 0.3 is 0 Å². The summed E-state index contributed by atoms with van der Waals surface area (Å²) in [7, 11) is 0. The Balaban J connectivity index is 1.03. The summed E-state index contributed by atoms with van der Waals surface area (Å²) in [6.07, 6.45) is 0. The molecule has 0 fully saturated rings. The predicted molar refractivity (Wildman–Crippen MR) is 272 cm³/mol. The third-order valence-electron chi connectivity index (χ3n) is 14.8. The van der Waals surface area contributed by atoms with Crippen molar-refractivity contribution in [1.29, 1.82) is 0 Å². The SMILES string of the molecule is CC1(C)c2ccccc2-c2cc(-n3c4ccccc4c4ccc(N(c5ccccc5)c5ccc6c(c5)C5(c7ccccc7Sc7ccccc75)c5cccc7cccc-6c57)cc43)ccc21. The van der Waals surface area contributed by atoms with Crippen LogP contribution in [0.25, 0.3) is 60.5 Å². The molecular weight excluding hydrogens is 805 g/mol. The molecule has 0 atom stereocenters. The van der Waals surface area contributed by atoms with Crippen LogP contribution < -0.4 is 4.90 Å². The van der Waals surface area contributed by atoms with Crippen LogP contribution in [-0.2, 0) is 10.8 Å². The van der Waals surface area contributed by atoms with Crippen LogP contribution in [0.5, 0.6) is 0 Å². The van der Waals surface area contributed by atoms with Gasteiger partial charge < -0.3 is 9.47 Å². The summed E-state index contributed by atoms with van der Waals surface area (Å²) < 4.78 is 2.48. The van der Waals surface area contributed by atoms with Gasteiger partial charge in [-0.15, -0.1) is 0 Å². The van der Waals surface area contributed by atoms with Gasteiger partial charge in [0.15, 0.2) is 0 Å². The van der Waals surface area contributed by atoms with Crippen LogP contribution in [0.3, 0.4) is 0 Å². The van der Waals surface area contributed by atoms with Crippen LogP contribution in [-0.4, -0.2) is 4.57 Å². The maximum absolute atomic E-state index is 2.51. The normalized spacial score (nSPS) is 14.5. The van der Waals surface area contributed by atoms with Crippen molar-refractivity contribution in [2.45, 2.75) is 34.5 Å². The lowest BCUT2D eigenvalue weighted by atomic mass is 9.59. The number of fused-ring (bicyclic) bond motifs is 14. The van der Waals surface area contributed by atoms with E-state index in [0.717, 1.165) is 17.1 Å². The van der Waals surface area contributed by atoms with Gasteiger partial charge in [-0.2, -0.15) is 0 Å². The summed E-state index contributed by atoms with van der Waals surface area (Å²) >= 11 is 1.89. The number of nitrogens with zero attached hydrogens (tertiary/aromatic N) is 2. The minimum absolute atomic E-state index is 0.0582. The van der Waals surface area contributed by atoms with E-state index in [4.69, 9.17) is 0 Å². The Hall–Kier alpha value is -7.59. The number of rotatable bonds is 4. The molecule has 14 rings (SSSR count). The molecule has 306 valence electrons. The molecule has 0 saturated heterocycles. The maximum Gasteiger partial charge on any atom is 0.0736 e. The Morgan fingerprint density at radius 2 is 0.985 bits per heavy atom. The van der Waals surface area contributed by atoms with Gasteiger partial charge in [-0.3, -0.25) is 0 Å². The Kier molecular flexibility index (Phi) is 7.63. The fourth-order valence-electron chi connectivity index (χ4n) is 12.1. The van der Waals surface area contributed by atoms with E-state index >= 15 is 0 Å². The average molecular weight is 847 g/mol. The first-order valence-electron chi connectivity index (χ1n) is 22.7. The van der Waals surface area contributed by atoms with Gasteiger partial charge in [0.1, 0.15) is 0 Å². The predicted octanol–water partition coefficient (Wildman–Crippen LogP) is 16.5. The standard InChI is InChI=1S/C62H42N2S/c1-61(2)50-23-8-6-20-44(50)49-36-41(32-35-51(49)61)64-56-27-11-7-21-46(56)47-34-31-43(38-57(47)64)63(40-18-4-3-5-19-40)42-30-33-45-48-22-14-16-39-17-15-26-54(60(39)48)62(55(45)37-42)52-24-9-12-28-58(52)65-59-29-13-10-25-53(59)62/h3-38H,1-2H3. The second-order valence-corrected chi connectivity index (χ2v) is 19.5. The topological polar surface area (TPSA) is 8.17 Å². The second-order valence-electron chi connectivity index (χ2n) is 18.4. The minimum Gasteiger partial charge on any atom is -0.310 e. The van der Waals surface area contributed by atoms with Crippen LogP contribution in [0.1, 0.15) is 47.2 Å². The van der Waals surface area contributed by atoms with Crippen molar-refractivity contribution in [3.05, 3.63) is 252 Å². The molecule has 65 heavy (non-hydrogen) atoms. The van der Waals surface area contributed by atoms with Gasteiger partial charge in [0.2, 0.25) is 0 Å². The van der Waals surface area contributed by atoms with Crippen LogP contribution in [0, 0.1) is 0 Å². The number of hydrogen-bond acceptors (Lipinski definition) is 2. The van der Waals surface area contributed by atoms with Gasteiger partial charge in [-0.25, -0.2) is 0 Å². The lowest BCUT2D eigenvalue weighted by Crippen LogP contribution is -2.36. The fraction of sp³-hybridized carbons (Fsp3) is 0.0645. The van der Waals surface area contributed by atoms with Crippen LogP contribution in [0.15, 0.2) is 228 Å². The molecule has 11 aromatic rings. The summed E-state index contributed by atoms with van der Waals surface area (Å²) in [6, 6.07) is 82.2. The van der Waals surface area contributed by atoms with E-state index in [1.807, 2.05) is 11.8 Å². The van der Waals surface area contributed by atoms with Crippen molar-refractivity contribution in [2.75, 3.05) is 4.90 Å². The van der Waals surface area contributed by atoms with E-state index in [1.165, 1.54) is 104 Å².